The van der Waals surface area contributed by atoms with Crippen molar-refractivity contribution in [3.63, 3.8) is 0 Å². The molecule has 1 heterocycles. The molecule has 1 aromatic rings. The van der Waals surface area contributed by atoms with Crippen molar-refractivity contribution in [2.75, 3.05) is 6.54 Å². The van der Waals surface area contributed by atoms with E-state index < -0.39 is 0 Å². The predicted molar refractivity (Wildman–Crippen MR) is 67.3 cm³/mol. The van der Waals surface area contributed by atoms with Gasteiger partial charge in [-0.05, 0) is 39.7 Å². The summed E-state index contributed by atoms with van der Waals surface area (Å²) in [4.78, 5) is 4.20. The zero-order chi connectivity index (χ0) is 11.6. The lowest BCUT2D eigenvalue weighted by molar-refractivity contribution is 0.450. The molecule has 3 heteroatoms. The Bertz CT molecular complexity index is 367. The van der Waals surface area contributed by atoms with Gasteiger partial charge in [0, 0.05) is 18.1 Å². The highest BCUT2D eigenvalue weighted by Gasteiger charge is 2.24. The van der Waals surface area contributed by atoms with Gasteiger partial charge in [-0.15, -0.1) is 0 Å². The molecule has 0 amide bonds. The van der Waals surface area contributed by atoms with Crippen molar-refractivity contribution in [1.29, 1.82) is 0 Å². The molecule has 1 aliphatic carbocycles. The molecule has 0 spiro atoms. The van der Waals surface area contributed by atoms with Crippen LogP contribution in [0.2, 0.25) is 0 Å². The molecule has 0 saturated heterocycles. The van der Waals surface area contributed by atoms with E-state index in [2.05, 4.69) is 47.8 Å². The van der Waals surface area contributed by atoms with E-state index in [0.29, 0.717) is 6.04 Å². The van der Waals surface area contributed by atoms with Crippen LogP contribution in [-0.2, 0) is 0 Å². The topological polar surface area (TPSA) is 29.9 Å². The molecule has 0 aromatic carbocycles. The van der Waals surface area contributed by atoms with Crippen molar-refractivity contribution in [1.82, 2.24) is 14.9 Å². The Labute approximate surface area is 97.6 Å². The average molecular weight is 219 g/mol. The molecule has 0 radical (unpaired) electrons. The second kappa shape index (κ2) is 4.42. The van der Waals surface area contributed by atoms with Crippen LogP contribution >= 0.6 is 0 Å². The third-order valence-corrected chi connectivity index (χ3v) is 2.68. The van der Waals surface area contributed by atoms with E-state index in [1.807, 2.05) is 12.5 Å². The van der Waals surface area contributed by atoms with Gasteiger partial charge in [0.15, 0.2) is 0 Å². The molecule has 0 aliphatic heterocycles. The molecule has 1 fully saturated rings. The summed E-state index contributed by atoms with van der Waals surface area (Å²) >= 11 is 0. The van der Waals surface area contributed by atoms with Crippen molar-refractivity contribution >= 4 is 6.08 Å². The maximum atomic E-state index is 4.20. The number of nitrogens with one attached hydrogen (secondary N) is 1. The normalized spacial score (nSPS) is 17.2. The lowest BCUT2D eigenvalue weighted by Crippen LogP contribution is -2.35. The van der Waals surface area contributed by atoms with Crippen LogP contribution in [0.25, 0.3) is 6.08 Å². The largest absolute Gasteiger partial charge is 0.328 e. The van der Waals surface area contributed by atoms with Gasteiger partial charge in [-0.25, -0.2) is 4.98 Å². The van der Waals surface area contributed by atoms with Crippen LogP contribution in [0.4, 0.5) is 0 Å². The van der Waals surface area contributed by atoms with Crippen molar-refractivity contribution in [2.24, 2.45) is 0 Å². The quantitative estimate of drug-likeness (QED) is 0.843. The first kappa shape index (κ1) is 11.4. The molecule has 16 heavy (non-hydrogen) atoms. The second-order valence-electron chi connectivity index (χ2n) is 5.49. The minimum atomic E-state index is 0.182. The summed E-state index contributed by atoms with van der Waals surface area (Å²) < 4.78 is 2.27. The van der Waals surface area contributed by atoms with Gasteiger partial charge in [-0.1, -0.05) is 6.08 Å². The van der Waals surface area contributed by atoms with Crippen molar-refractivity contribution in [3.8, 4) is 0 Å². The highest BCUT2D eigenvalue weighted by molar-refractivity contribution is 5.44. The summed E-state index contributed by atoms with van der Waals surface area (Å²) in [6.07, 6.45) is 10.8. The Hall–Kier alpha value is -1.09. The smallest absolute Gasteiger partial charge is 0.0953 e. The summed E-state index contributed by atoms with van der Waals surface area (Å²) in [5, 5.41) is 3.43. The van der Waals surface area contributed by atoms with Gasteiger partial charge in [0.25, 0.3) is 0 Å². The van der Waals surface area contributed by atoms with Crippen LogP contribution in [0.5, 0.6) is 0 Å². The fourth-order valence-electron chi connectivity index (χ4n) is 1.65. The van der Waals surface area contributed by atoms with Crippen molar-refractivity contribution in [2.45, 2.75) is 45.2 Å². The highest BCUT2D eigenvalue weighted by atomic mass is 15.1. The number of aromatic nitrogens is 2. The molecule has 0 unspecified atom stereocenters. The third kappa shape index (κ3) is 3.20. The maximum absolute atomic E-state index is 4.20. The van der Waals surface area contributed by atoms with Crippen molar-refractivity contribution in [3.05, 3.63) is 24.3 Å². The molecule has 1 N–H and O–H groups in total. The van der Waals surface area contributed by atoms with Crippen LogP contribution in [0.3, 0.4) is 0 Å². The molecule has 1 saturated carbocycles. The fraction of sp³-hybridized carbons (Fsp3) is 0.615. The molecule has 0 atom stereocenters. The van der Waals surface area contributed by atoms with Gasteiger partial charge in [0.2, 0.25) is 0 Å². The number of imidazole rings is 1. The molecule has 1 aliphatic rings. The second-order valence-corrected chi connectivity index (χ2v) is 5.49. The van der Waals surface area contributed by atoms with E-state index in [9.17, 15) is 0 Å². The summed E-state index contributed by atoms with van der Waals surface area (Å²) in [6.45, 7) is 7.43. The monoisotopic (exact) mass is 219 g/mol. The first-order chi connectivity index (χ1) is 7.56. The van der Waals surface area contributed by atoms with Crippen LogP contribution in [-0.4, -0.2) is 21.6 Å². The lowest BCUT2D eigenvalue weighted by Gasteiger charge is -2.18. The van der Waals surface area contributed by atoms with E-state index >= 15 is 0 Å². The van der Waals surface area contributed by atoms with Crippen LogP contribution in [0, 0.1) is 0 Å². The van der Waals surface area contributed by atoms with Gasteiger partial charge < -0.3 is 9.88 Å². The Balaban J connectivity index is 1.88. The number of hydrogen-bond acceptors (Lipinski definition) is 2. The Morgan fingerprint density at radius 1 is 1.50 bits per heavy atom. The van der Waals surface area contributed by atoms with E-state index in [0.717, 1.165) is 6.54 Å². The van der Waals surface area contributed by atoms with Crippen molar-refractivity contribution < 1.29 is 0 Å². The van der Waals surface area contributed by atoms with Crippen LogP contribution < -0.4 is 5.32 Å². The van der Waals surface area contributed by atoms with Crippen LogP contribution in [0.15, 0.2) is 18.6 Å². The third-order valence-electron chi connectivity index (χ3n) is 2.68. The molecule has 88 valence electrons. The number of hydrogen-bond donors (Lipinski definition) is 1. The molecule has 2 rings (SSSR count). The van der Waals surface area contributed by atoms with E-state index in [1.165, 1.54) is 18.5 Å². The SMILES string of the molecule is CC(C)(C)NCC=Cc1cncn1C1CC1. The van der Waals surface area contributed by atoms with Crippen LogP contribution in [0.1, 0.15) is 45.3 Å². The van der Waals surface area contributed by atoms with Gasteiger partial charge in [-0.2, -0.15) is 0 Å². The average Bonchev–Trinajstić information content (AvgIpc) is 2.92. The van der Waals surface area contributed by atoms with E-state index in [1.54, 1.807) is 0 Å². The standard InChI is InChI=1S/C13H21N3/c1-13(2,3)15-8-4-5-12-9-14-10-16(12)11-6-7-11/h4-5,9-11,15H,6-8H2,1-3H3. The molecular weight excluding hydrogens is 198 g/mol. The predicted octanol–water partition coefficient (Wildman–Crippen LogP) is 2.62. The first-order valence-corrected chi connectivity index (χ1v) is 6.00. The molecular formula is C13H21N3. The highest BCUT2D eigenvalue weighted by Crippen LogP contribution is 2.35. The summed E-state index contributed by atoms with van der Waals surface area (Å²) in [5.74, 6) is 0. The minimum absolute atomic E-state index is 0.182. The number of rotatable bonds is 4. The van der Waals surface area contributed by atoms with E-state index in [-0.39, 0.29) is 5.54 Å². The van der Waals surface area contributed by atoms with E-state index in [4.69, 9.17) is 0 Å². The maximum Gasteiger partial charge on any atom is 0.0953 e. The molecule has 1 aromatic heterocycles. The zero-order valence-electron chi connectivity index (χ0n) is 10.4. The lowest BCUT2D eigenvalue weighted by atomic mass is 10.1. The van der Waals surface area contributed by atoms with Gasteiger partial charge in [-0.3, -0.25) is 0 Å². The number of nitrogens with zero attached hydrogens (tertiary/aromatic N) is 2. The molecule has 3 nitrogen and oxygen atoms in total. The van der Waals surface area contributed by atoms with Gasteiger partial charge in [0.1, 0.15) is 0 Å². The Morgan fingerprint density at radius 2 is 2.25 bits per heavy atom. The summed E-state index contributed by atoms with van der Waals surface area (Å²) in [5.41, 5.74) is 1.40. The summed E-state index contributed by atoms with van der Waals surface area (Å²) in [6, 6.07) is 0.706. The first-order valence-electron chi connectivity index (χ1n) is 6.00. The van der Waals surface area contributed by atoms with Gasteiger partial charge >= 0.3 is 0 Å². The molecule has 0 bridgehead atoms. The minimum Gasteiger partial charge on any atom is -0.328 e. The summed E-state index contributed by atoms with van der Waals surface area (Å²) in [7, 11) is 0. The Morgan fingerprint density at radius 3 is 2.88 bits per heavy atom. The Kier molecular flexibility index (Phi) is 3.15. The van der Waals surface area contributed by atoms with Gasteiger partial charge in [0.05, 0.1) is 18.2 Å². The zero-order valence-corrected chi connectivity index (χ0v) is 10.4. The fourth-order valence-corrected chi connectivity index (χ4v) is 1.65.